The fraction of sp³-hybridized carbons (Fsp3) is 0.435. The maximum atomic E-state index is 13.4. The van der Waals surface area contributed by atoms with Gasteiger partial charge in [-0.05, 0) is 30.5 Å². The van der Waals surface area contributed by atoms with Crippen molar-refractivity contribution in [2.24, 2.45) is 0 Å². The Hall–Kier alpha value is -2.87. The first-order valence-electron chi connectivity index (χ1n) is 10.6. The summed E-state index contributed by atoms with van der Waals surface area (Å²) in [6.45, 7) is 1.13. The second-order valence-electron chi connectivity index (χ2n) is 8.34. The number of amides is 1. The van der Waals surface area contributed by atoms with Crippen LogP contribution in [0.15, 0.2) is 48.7 Å². The topological polar surface area (TPSA) is 62.7 Å². The first kappa shape index (κ1) is 20.1. The SMILES string of the molecule is O=C(c1ccc(N2CCC3(CC2)O[C@@H]2CC[C@@H](c4ccccc4)N2C3=O)nc1)C(F)F. The van der Waals surface area contributed by atoms with Crippen LogP contribution < -0.4 is 4.90 Å². The van der Waals surface area contributed by atoms with E-state index in [1.165, 1.54) is 12.3 Å². The molecule has 2 aromatic rings. The zero-order valence-electron chi connectivity index (χ0n) is 16.9. The second-order valence-corrected chi connectivity index (χ2v) is 8.34. The maximum Gasteiger partial charge on any atom is 0.300 e. The van der Waals surface area contributed by atoms with Crippen molar-refractivity contribution in [3.05, 3.63) is 59.8 Å². The van der Waals surface area contributed by atoms with Gasteiger partial charge in [0.2, 0.25) is 5.78 Å². The minimum Gasteiger partial charge on any atom is -0.356 e. The Morgan fingerprint density at radius 3 is 2.48 bits per heavy atom. The normalized spacial score (nSPS) is 24.8. The van der Waals surface area contributed by atoms with Crippen LogP contribution in [0.5, 0.6) is 0 Å². The fourth-order valence-electron chi connectivity index (χ4n) is 4.99. The third kappa shape index (κ3) is 3.39. The maximum absolute atomic E-state index is 13.4. The number of rotatable bonds is 4. The molecule has 1 aromatic carbocycles. The van der Waals surface area contributed by atoms with E-state index in [4.69, 9.17) is 4.74 Å². The van der Waals surface area contributed by atoms with Crippen LogP contribution in [0.1, 0.15) is 47.6 Å². The quantitative estimate of drug-likeness (QED) is 0.698. The molecular formula is C23H23F2N3O3. The number of anilines is 1. The molecule has 1 aromatic heterocycles. The number of nitrogens with zero attached hydrogens (tertiary/aromatic N) is 3. The van der Waals surface area contributed by atoms with Crippen LogP contribution in [0.4, 0.5) is 14.6 Å². The number of ketones is 1. The molecule has 0 aliphatic carbocycles. The van der Waals surface area contributed by atoms with Gasteiger partial charge in [0.25, 0.3) is 5.91 Å². The van der Waals surface area contributed by atoms with Gasteiger partial charge in [0.15, 0.2) is 5.60 Å². The molecule has 8 heteroatoms. The number of aromatic nitrogens is 1. The summed E-state index contributed by atoms with van der Waals surface area (Å²) in [6.07, 6.45) is 0.781. The van der Waals surface area contributed by atoms with E-state index in [9.17, 15) is 18.4 Å². The molecule has 2 atom stereocenters. The van der Waals surface area contributed by atoms with Crippen LogP contribution in [-0.2, 0) is 9.53 Å². The Labute approximate surface area is 178 Å². The van der Waals surface area contributed by atoms with Gasteiger partial charge >= 0.3 is 6.43 Å². The van der Waals surface area contributed by atoms with Gasteiger partial charge < -0.3 is 14.5 Å². The Morgan fingerprint density at radius 2 is 1.84 bits per heavy atom. The Kier molecular flexibility index (Phi) is 4.97. The van der Waals surface area contributed by atoms with Crippen LogP contribution in [0, 0.1) is 0 Å². The second kappa shape index (κ2) is 7.67. The molecule has 0 unspecified atom stereocenters. The van der Waals surface area contributed by atoms with Crippen molar-refractivity contribution in [1.29, 1.82) is 0 Å². The van der Waals surface area contributed by atoms with E-state index >= 15 is 0 Å². The van der Waals surface area contributed by atoms with Crippen molar-refractivity contribution in [3.63, 3.8) is 0 Å². The number of hydrogen-bond acceptors (Lipinski definition) is 5. The summed E-state index contributed by atoms with van der Waals surface area (Å²) in [5, 5.41) is 0. The number of fused-ring (bicyclic) bond motifs is 1. The number of carbonyl (C=O) groups excluding carboxylic acids is 2. The molecule has 5 rings (SSSR count). The Bertz CT molecular complexity index is 975. The van der Waals surface area contributed by atoms with E-state index in [0.29, 0.717) is 31.7 Å². The summed E-state index contributed by atoms with van der Waals surface area (Å²) < 4.78 is 31.5. The lowest BCUT2D eigenvalue weighted by molar-refractivity contribution is -0.140. The highest BCUT2D eigenvalue weighted by Crippen LogP contribution is 2.47. The van der Waals surface area contributed by atoms with Gasteiger partial charge in [0, 0.05) is 37.7 Å². The third-order valence-corrected chi connectivity index (χ3v) is 6.63. The van der Waals surface area contributed by atoms with Crippen LogP contribution in [0.2, 0.25) is 0 Å². The number of hydrogen-bond donors (Lipinski definition) is 0. The van der Waals surface area contributed by atoms with E-state index in [2.05, 4.69) is 17.1 Å². The molecule has 31 heavy (non-hydrogen) atoms. The van der Waals surface area contributed by atoms with Gasteiger partial charge in [-0.1, -0.05) is 30.3 Å². The lowest BCUT2D eigenvalue weighted by Crippen LogP contribution is -2.50. The van der Waals surface area contributed by atoms with Crippen molar-refractivity contribution in [2.45, 2.75) is 50.0 Å². The highest BCUT2D eigenvalue weighted by atomic mass is 19.3. The molecule has 0 saturated carbocycles. The summed E-state index contributed by atoms with van der Waals surface area (Å²) in [5.74, 6) is -0.557. The minimum absolute atomic E-state index is 0.0534. The van der Waals surface area contributed by atoms with Crippen LogP contribution in [-0.4, -0.2) is 52.9 Å². The molecule has 3 aliphatic heterocycles. The zero-order valence-corrected chi connectivity index (χ0v) is 16.9. The summed E-state index contributed by atoms with van der Waals surface area (Å²) in [5.41, 5.74) is 0.230. The number of Topliss-reactive ketones (excluding diaryl/α,β-unsaturated/α-hetero) is 1. The minimum atomic E-state index is -3.04. The van der Waals surface area contributed by atoms with Crippen molar-refractivity contribution in [1.82, 2.24) is 9.88 Å². The molecule has 3 fully saturated rings. The highest BCUT2D eigenvalue weighted by molar-refractivity contribution is 5.98. The first-order valence-corrected chi connectivity index (χ1v) is 10.6. The molecule has 3 saturated heterocycles. The average molecular weight is 427 g/mol. The van der Waals surface area contributed by atoms with Crippen molar-refractivity contribution in [3.8, 4) is 0 Å². The standard InChI is InChI=1S/C23H23F2N3O3/c24-21(25)20(29)16-6-8-18(26-14-16)27-12-10-23(11-13-27)22(30)28-17(7-9-19(28)31-23)15-4-2-1-3-5-15/h1-6,8,14,17,19,21H,7,9-13H2/t17-,19+/m0/s1. The number of alkyl halides is 2. The summed E-state index contributed by atoms with van der Waals surface area (Å²) in [6, 6.07) is 13.1. The largest absolute Gasteiger partial charge is 0.356 e. The van der Waals surface area contributed by atoms with Gasteiger partial charge in [-0.3, -0.25) is 9.59 Å². The number of benzene rings is 1. The molecule has 0 bridgehead atoms. The molecule has 162 valence electrons. The number of piperidine rings is 1. The number of pyridine rings is 1. The van der Waals surface area contributed by atoms with Crippen molar-refractivity contribution < 1.29 is 23.1 Å². The van der Waals surface area contributed by atoms with Crippen LogP contribution in [0.3, 0.4) is 0 Å². The predicted molar refractivity (Wildman–Crippen MR) is 109 cm³/mol. The van der Waals surface area contributed by atoms with E-state index in [-0.39, 0.29) is 23.7 Å². The van der Waals surface area contributed by atoms with E-state index in [1.807, 2.05) is 28.0 Å². The van der Waals surface area contributed by atoms with Crippen molar-refractivity contribution in [2.75, 3.05) is 18.0 Å². The predicted octanol–water partition coefficient (Wildman–Crippen LogP) is 3.59. The summed E-state index contributed by atoms with van der Waals surface area (Å²) in [4.78, 5) is 32.9. The summed E-state index contributed by atoms with van der Waals surface area (Å²) in [7, 11) is 0. The van der Waals surface area contributed by atoms with Gasteiger partial charge in [-0.15, -0.1) is 0 Å². The molecule has 0 radical (unpaired) electrons. The van der Waals surface area contributed by atoms with Crippen LogP contribution >= 0.6 is 0 Å². The number of carbonyl (C=O) groups is 2. The molecule has 4 heterocycles. The van der Waals surface area contributed by atoms with E-state index in [1.54, 1.807) is 6.07 Å². The monoisotopic (exact) mass is 427 g/mol. The third-order valence-electron chi connectivity index (χ3n) is 6.63. The highest BCUT2D eigenvalue weighted by Gasteiger charge is 2.57. The number of halogens is 2. The van der Waals surface area contributed by atoms with E-state index < -0.39 is 17.8 Å². The molecule has 0 N–H and O–H groups in total. The molecule has 1 spiro atoms. The van der Waals surface area contributed by atoms with Gasteiger partial charge in [-0.25, -0.2) is 13.8 Å². The lowest BCUT2D eigenvalue weighted by atomic mass is 9.89. The molecule has 1 amide bonds. The molecule has 3 aliphatic rings. The van der Waals surface area contributed by atoms with Gasteiger partial charge in [-0.2, -0.15) is 0 Å². The van der Waals surface area contributed by atoms with Crippen LogP contribution in [0.25, 0.3) is 0 Å². The van der Waals surface area contributed by atoms with Crippen molar-refractivity contribution >= 4 is 17.5 Å². The molecule has 6 nitrogen and oxygen atoms in total. The number of ether oxygens (including phenoxy) is 1. The zero-order chi connectivity index (χ0) is 21.6. The van der Waals surface area contributed by atoms with E-state index in [0.717, 1.165) is 18.4 Å². The average Bonchev–Trinajstić information content (AvgIpc) is 3.32. The first-order chi connectivity index (χ1) is 15.0. The van der Waals surface area contributed by atoms with Gasteiger partial charge in [0.1, 0.15) is 12.0 Å². The molecular weight excluding hydrogens is 404 g/mol. The Balaban J connectivity index is 1.27. The summed E-state index contributed by atoms with van der Waals surface area (Å²) >= 11 is 0. The lowest BCUT2D eigenvalue weighted by Gasteiger charge is -2.38. The smallest absolute Gasteiger partial charge is 0.300 e. The fourth-order valence-corrected chi connectivity index (χ4v) is 4.99. The van der Waals surface area contributed by atoms with Gasteiger partial charge in [0.05, 0.1) is 6.04 Å². The Morgan fingerprint density at radius 1 is 1.10 bits per heavy atom.